The van der Waals surface area contributed by atoms with Crippen molar-refractivity contribution in [2.24, 2.45) is 0 Å². The molecule has 0 spiro atoms. The number of carbonyl (C=O) groups excluding carboxylic acids is 1. The SMILES string of the molecule is Cc1cccnc1C(=O)NC(Cc1ccccc1Br)C(=O)O. The van der Waals surface area contributed by atoms with Gasteiger partial charge in [-0.15, -0.1) is 0 Å². The fourth-order valence-electron chi connectivity index (χ4n) is 2.03. The third-order valence-corrected chi connectivity index (χ3v) is 3.98. The van der Waals surface area contributed by atoms with Crippen LogP contribution >= 0.6 is 15.9 Å². The normalized spacial score (nSPS) is 11.7. The molecule has 2 rings (SSSR count). The summed E-state index contributed by atoms with van der Waals surface area (Å²) in [7, 11) is 0. The van der Waals surface area contributed by atoms with Crippen molar-refractivity contribution in [3.05, 3.63) is 63.9 Å². The van der Waals surface area contributed by atoms with Gasteiger partial charge in [-0.1, -0.05) is 40.2 Å². The van der Waals surface area contributed by atoms with Gasteiger partial charge in [0.1, 0.15) is 11.7 Å². The van der Waals surface area contributed by atoms with Crippen LogP contribution in [0.1, 0.15) is 21.6 Å². The van der Waals surface area contributed by atoms with Crippen LogP contribution in [0.5, 0.6) is 0 Å². The molecule has 1 unspecified atom stereocenters. The topological polar surface area (TPSA) is 79.3 Å². The van der Waals surface area contributed by atoms with Crippen LogP contribution in [0.4, 0.5) is 0 Å². The van der Waals surface area contributed by atoms with Crippen molar-refractivity contribution in [2.75, 3.05) is 0 Å². The molecule has 0 aliphatic carbocycles. The van der Waals surface area contributed by atoms with Gasteiger partial charge in [-0.05, 0) is 30.2 Å². The van der Waals surface area contributed by atoms with Gasteiger partial charge in [0.15, 0.2) is 0 Å². The molecule has 0 radical (unpaired) electrons. The van der Waals surface area contributed by atoms with Gasteiger partial charge in [0.2, 0.25) is 0 Å². The highest BCUT2D eigenvalue weighted by atomic mass is 79.9. The number of pyridine rings is 1. The largest absolute Gasteiger partial charge is 0.480 e. The summed E-state index contributed by atoms with van der Waals surface area (Å²) in [5, 5.41) is 11.9. The minimum atomic E-state index is -1.09. The maximum Gasteiger partial charge on any atom is 0.326 e. The first kappa shape index (κ1) is 16.2. The fourth-order valence-corrected chi connectivity index (χ4v) is 2.48. The molecule has 0 saturated heterocycles. The van der Waals surface area contributed by atoms with Crippen molar-refractivity contribution in [1.82, 2.24) is 10.3 Å². The maximum atomic E-state index is 12.2. The summed E-state index contributed by atoms with van der Waals surface area (Å²) in [4.78, 5) is 27.6. The summed E-state index contributed by atoms with van der Waals surface area (Å²) in [6.45, 7) is 1.76. The van der Waals surface area contributed by atoms with Crippen LogP contribution in [0, 0.1) is 6.92 Å². The molecule has 1 aromatic heterocycles. The van der Waals surface area contributed by atoms with Crippen molar-refractivity contribution >= 4 is 27.8 Å². The molecular weight excluding hydrogens is 348 g/mol. The number of rotatable bonds is 5. The Labute approximate surface area is 136 Å². The lowest BCUT2D eigenvalue weighted by molar-refractivity contribution is -0.139. The van der Waals surface area contributed by atoms with Crippen molar-refractivity contribution in [1.29, 1.82) is 0 Å². The highest BCUT2D eigenvalue weighted by Crippen LogP contribution is 2.17. The number of hydrogen-bond donors (Lipinski definition) is 2. The number of carbonyl (C=O) groups is 2. The lowest BCUT2D eigenvalue weighted by Crippen LogP contribution is -2.42. The quantitative estimate of drug-likeness (QED) is 0.856. The Kier molecular flexibility index (Phi) is 5.27. The zero-order valence-corrected chi connectivity index (χ0v) is 13.5. The lowest BCUT2D eigenvalue weighted by atomic mass is 10.1. The summed E-state index contributed by atoms with van der Waals surface area (Å²) in [6, 6.07) is 9.78. The number of aromatic nitrogens is 1. The molecule has 0 saturated carbocycles. The number of nitrogens with one attached hydrogen (secondary N) is 1. The van der Waals surface area contributed by atoms with Crippen molar-refractivity contribution < 1.29 is 14.7 Å². The summed E-state index contributed by atoms with van der Waals surface area (Å²) in [5.74, 6) is -1.57. The third kappa shape index (κ3) is 3.92. The molecule has 1 amide bonds. The molecule has 2 N–H and O–H groups in total. The van der Waals surface area contributed by atoms with Gasteiger partial charge in [-0.3, -0.25) is 9.78 Å². The molecular formula is C16H15BrN2O3. The summed E-state index contributed by atoms with van der Waals surface area (Å²) in [6.07, 6.45) is 1.69. The molecule has 1 atom stereocenters. The van der Waals surface area contributed by atoms with Crippen LogP contribution in [-0.2, 0) is 11.2 Å². The second kappa shape index (κ2) is 7.17. The van der Waals surface area contributed by atoms with Gasteiger partial charge in [0, 0.05) is 17.1 Å². The first-order valence-corrected chi connectivity index (χ1v) is 7.47. The molecule has 0 bridgehead atoms. The average molecular weight is 363 g/mol. The number of carboxylic acids is 1. The van der Waals surface area contributed by atoms with Gasteiger partial charge >= 0.3 is 5.97 Å². The number of amides is 1. The molecule has 6 heteroatoms. The first-order valence-electron chi connectivity index (χ1n) is 6.67. The predicted octanol–water partition coefficient (Wildman–Crippen LogP) is 2.58. The standard InChI is InChI=1S/C16H15BrN2O3/c1-10-5-4-8-18-14(10)15(20)19-13(16(21)22)9-11-6-2-3-7-12(11)17/h2-8,13H,9H2,1H3,(H,19,20)(H,21,22). The van der Waals surface area contributed by atoms with Crippen LogP contribution in [0.25, 0.3) is 0 Å². The van der Waals surface area contributed by atoms with Gasteiger partial charge < -0.3 is 10.4 Å². The molecule has 0 aliphatic rings. The number of aryl methyl sites for hydroxylation is 1. The highest BCUT2D eigenvalue weighted by molar-refractivity contribution is 9.10. The number of aliphatic carboxylic acids is 1. The first-order chi connectivity index (χ1) is 10.5. The van der Waals surface area contributed by atoms with E-state index in [1.165, 1.54) is 6.20 Å². The van der Waals surface area contributed by atoms with Crippen molar-refractivity contribution in [3.8, 4) is 0 Å². The Morgan fingerprint density at radius 1 is 1.27 bits per heavy atom. The predicted molar refractivity (Wildman–Crippen MR) is 85.7 cm³/mol. The Balaban J connectivity index is 2.16. The van der Waals surface area contributed by atoms with Crippen LogP contribution in [0.15, 0.2) is 47.1 Å². The highest BCUT2D eigenvalue weighted by Gasteiger charge is 2.23. The van der Waals surface area contributed by atoms with Crippen LogP contribution < -0.4 is 5.32 Å². The van der Waals surface area contributed by atoms with Crippen LogP contribution in [0.3, 0.4) is 0 Å². The second-order valence-electron chi connectivity index (χ2n) is 4.83. The van der Waals surface area contributed by atoms with Gasteiger partial charge in [-0.25, -0.2) is 4.79 Å². The molecule has 5 nitrogen and oxygen atoms in total. The maximum absolute atomic E-state index is 12.2. The number of nitrogens with zero attached hydrogens (tertiary/aromatic N) is 1. The van der Waals surface area contributed by atoms with E-state index in [9.17, 15) is 14.7 Å². The second-order valence-corrected chi connectivity index (χ2v) is 5.68. The van der Waals surface area contributed by atoms with E-state index in [0.717, 1.165) is 10.0 Å². The third-order valence-electron chi connectivity index (χ3n) is 3.21. The van der Waals surface area contributed by atoms with Gasteiger partial charge in [0.05, 0.1) is 0 Å². The summed E-state index contributed by atoms with van der Waals surface area (Å²) >= 11 is 3.38. The fraction of sp³-hybridized carbons (Fsp3) is 0.188. The molecule has 1 aromatic carbocycles. The van der Waals surface area contributed by atoms with E-state index >= 15 is 0 Å². The van der Waals surface area contributed by atoms with E-state index < -0.39 is 17.9 Å². The molecule has 0 aliphatic heterocycles. The van der Waals surface area contributed by atoms with E-state index in [1.54, 1.807) is 19.1 Å². The van der Waals surface area contributed by atoms with E-state index in [0.29, 0.717) is 5.56 Å². The summed E-state index contributed by atoms with van der Waals surface area (Å²) < 4.78 is 0.810. The minimum absolute atomic E-state index is 0.189. The van der Waals surface area contributed by atoms with E-state index in [1.807, 2.05) is 24.3 Å². The number of halogens is 1. The Bertz CT molecular complexity index is 703. The molecule has 1 heterocycles. The number of benzene rings is 1. The Morgan fingerprint density at radius 3 is 2.64 bits per heavy atom. The number of carboxylic acid groups (broad SMARTS) is 1. The van der Waals surface area contributed by atoms with Crippen molar-refractivity contribution in [2.45, 2.75) is 19.4 Å². The smallest absolute Gasteiger partial charge is 0.326 e. The van der Waals surface area contributed by atoms with Crippen molar-refractivity contribution in [3.63, 3.8) is 0 Å². The van der Waals surface area contributed by atoms with E-state index in [2.05, 4.69) is 26.2 Å². The van der Waals surface area contributed by atoms with Crippen LogP contribution in [0.2, 0.25) is 0 Å². The van der Waals surface area contributed by atoms with E-state index in [-0.39, 0.29) is 12.1 Å². The molecule has 22 heavy (non-hydrogen) atoms. The lowest BCUT2D eigenvalue weighted by Gasteiger charge is -2.15. The molecule has 114 valence electrons. The minimum Gasteiger partial charge on any atom is -0.480 e. The Morgan fingerprint density at radius 2 is 2.00 bits per heavy atom. The van der Waals surface area contributed by atoms with Gasteiger partial charge in [-0.2, -0.15) is 0 Å². The molecule has 0 fully saturated rings. The van der Waals surface area contributed by atoms with E-state index in [4.69, 9.17) is 0 Å². The van der Waals surface area contributed by atoms with Crippen LogP contribution in [-0.4, -0.2) is 28.0 Å². The molecule has 2 aromatic rings. The zero-order chi connectivity index (χ0) is 16.1. The zero-order valence-electron chi connectivity index (χ0n) is 11.9. The average Bonchev–Trinajstić information content (AvgIpc) is 2.49. The summed E-state index contributed by atoms with van der Waals surface area (Å²) in [5.41, 5.74) is 1.75. The Hall–Kier alpha value is -2.21. The monoisotopic (exact) mass is 362 g/mol. The number of hydrogen-bond acceptors (Lipinski definition) is 3. The van der Waals surface area contributed by atoms with Gasteiger partial charge in [0.25, 0.3) is 5.91 Å².